The minimum Gasteiger partial charge on any atom is -0.481 e. The Labute approximate surface area is 96.8 Å². The summed E-state index contributed by atoms with van der Waals surface area (Å²) in [5.74, 6) is -0.0149. The molecule has 0 saturated carbocycles. The van der Waals surface area contributed by atoms with Gasteiger partial charge in [-0.25, -0.2) is 0 Å². The van der Waals surface area contributed by atoms with Crippen molar-refractivity contribution in [3.05, 3.63) is 0 Å². The lowest BCUT2D eigenvalue weighted by Gasteiger charge is -2.38. The molecule has 92 valence electrons. The quantitative estimate of drug-likeness (QED) is 0.652. The third kappa shape index (κ3) is 2.74. The molecule has 0 aromatic heterocycles. The Morgan fingerprint density at radius 1 is 1.12 bits per heavy atom. The van der Waals surface area contributed by atoms with E-state index in [1.807, 2.05) is 0 Å². The minimum absolute atomic E-state index is 0.148. The van der Waals surface area contributed by atoms with Crippen LogP contribution in [0.1, 0.15) is 32.6 Å². The molecular formula is C12H22N2O2. The van der Waals surface area contributed by atoms with Gasteiger partial charge in [-0.2, -0.15) is 0 Å². The monoisotopic (exact) mass is 226 g/mol. The molecule has 4 heteroatoms. The maximum absolute atomic E-state index is 11.0. The van der Waals surface area contributed by atoms with Gasteiger partial charge in [0, 0.05) is 12.1 Å². The van der Waals surface area contributed by atoms with Gasteiger partial charge in [-0.3, -0.25) is 4.79 Å². The Kier molecular flexibility index (Phi) is 3.82. The normalized spacial score (nSPS) is 40.6. The van der Waals surface area contributed by atoms with E-state index in [-0.39, 0.29) is 5.92 Å². The van der Waals surface area contributed by atoms with Gasteiger partial charge >= 0.3 is 5.97 Å². The zero-order valence-electron chi connectivity index (χ0n) is 9.91. The molecular weight excluding hydrogens is 204 g/mol. The predicted octanol–water partition coefficient (Wildman–Crippen LogP) is 0.827. The molecule has 0 spiro atoms. The van der Waals surface area contributed by atoms with Gasteiger partial charge in [0.15, 0.2) is 0 Å². The summed E-state index contributed by atoms with van der Waals surface area (Å²) in [6.45, 7) is 4.20. The average molecular weight is 226 g/mol. The SMILES string of the molecule is CC1CCNC(C2CC(C(=O)O)CCN2)C1. The molecule has 4 nitrogen and oxygen atoms in total. The summed E-state index contributed by atoms with van der Waals surface area (Å²) in [7, 11) is 0. The van der Waals surface area contributed by atoms with Crippen molar-refractivity contribution in [2.45, 2.75) is 44.7 Å². The van der Waals surface area contributed by atoms with Crippen LogP contribution >= 0.6 is 0 Å². The Hall–Kier alpha value is -0.610. The highest BCUT2D eigenvalue weighted by Gasteiger charge is 2.33. The molecule has 4 unspecified atom stereocenters. The van der Waals surface area contributed by atoms with E-state index in [2.05, 4.69) is 17.6 Å². The van der Waals surface area contributed by atoms with Gasteiger partial charge in [-0.05, 0) is 44.7 Å². The maximum atomic E-state index is 11.0. The van der Waals surface area contributed by atoms with E-state index in [0.29, 0.717) is 12.1 Å². The van der Waals surface area contributed by atoms with Gasteiger partial charge in [0.25, 0.3) is 0 Å². The lowest BCUT2D eigenvalue weighted by atomic mass is 9.83. The summed E-state index contributed by atoms with van der Waals surface area (Å²) in [6, 6.07) is 0.809. The maximum Gasteiger partial charge on any atom is 0.306 e. The first-order valence-electron chi connectivity index (χ1n) is 6.36. The van der Waals surface area contributed by atoms with E-state index in [4.69, 9.17) is 5.11 Å². The van der Waals surface area contributed by atoms with Crippen molar-refractivity contribution >= 4 is 5.97 Å². The first-order valence-corrected chi connectivity index (χ1v) is 6.36. The Balaban J connectivity index is 1.90. The van der Waals surface area contributed by atoms with Crippen molar-refractivity contribution in [1.29, 1.82) is 0 Å². The lowest BCUT2D eigenvalue weighted by Crippen LogP contribution is -2.55. The second kappa shape index (κ2) is 5.15. The van der Waals surface area contributed by atoms with E-state index in [9.17, 15) is 4.79 Å². The van der Waals surface area contributed by atoms with Crippen LogP contribution in [-0.4, -0.2) is 36.2 Å². The summed E-state index contributed by atoms with van der Waals surface area (Å²) in [4.78, 5) is 11.0. The summed E-state index contributed by atoms with van der Waals surface area (Å²) in [5, 5.41) is 16.0. The molecule has 2 fully saturated rings. The van der Waals surface area contributed by atoms with Crippen LogP contribution in [0.25, 0.3) is 0 Å². The van der Waals surface area contributed by atoms with Gasteiger partial charge in [0.05, 0.1) is 5.92 Å². The highest BCUT2D eigenvalue weighted by molar-refractivity contribution is 5.70. The van der Waals surface area contributed by atoms with Crippen molar-refractivity contribution in [1.82, 2.24) is 10.6 Å². The van der Waals surface area contributed by atoms with Crippen LogP contribution in [0.4, 0.5) is 0 Å². The number of rotatable bonds is 2. The fourth-order valence-corrected chi connectivity index (χ4v) is 2.94. The second-order valence-electron chi connectivity index (χ2n) is 5.31. The number of carbonyl (C=O) groups is 1. The summed E-state index contributed by atoms with van der Waals surface area (Å²) in [5.41, 5.74) is 0. The standard InChI is InChI=1S/C12H22N2O2/c1-8-2-4-13-10(6-8)11-7-9(12(15)16)3-5-14-11/h8-11,13-14H,2-7H2,1H3,(H,15,16). The molecule has 0 bridgehead atoms. The van der Waals surface area contributed by atoms with Crippen LogP contribution in [0, 0.1) is 11.8 Å². The summed E-state index contributed by atoms with van der Waals surface area (Å²) in [6.07, 6.45) is 3.96. The number of carboxylic acid groups (broad SMARTS) is 1. The molecule has 0 aromatic carbocycles. The number of hydrogen-bond donors (Lipinski definition) is 3. The number of carboxylic acids is 1. The molecule has 16 heavy (non-hydrogen) atoms. The summed E-state index contributed by atoms with van der Waals surface area (Å²) < 4.78 is 0. The Morgan fingerprint density at radius 3 is 2.38 bits per heavy atom. The molecule has 2 heterocycles. The van der Waals surface area contributed by atoms with E-state index < -0.39 is 5.97 Å². The van der Waals surface area contributed by atoms with Gasteiger partial charge in [0.1, 0.15) is 0 Å². The molecule has 0 amide bonds. The zero-order chi connectivity index (χ0) is 11.5. The van der Waals surface area contributed by atoms with Gasteiger partial charge in [-0.15, -0.1) is 0 Å². The topological polar surface area (TPSA) is 61.4 Å². The van der Waals surface area contributed by atoms with E-state index >= 15 is 0 Å². The molecule has 3 N–H and O–H groups in total. The van der Waals surface area contributed by atoms with Crippen molar-refractivity contribution in [3.63, 3.8) is 0 Å². The van der Waals surface area contributed by atoms with Crippen LogP contribution in [0.2, 0.25) is 0 Å². The van der Waals surface area contributed by atoms with Gasteiger partial charge in [0.2, 0.25) is 0 Å². The van der Waals surface area contributed by atoms with Crippen LogP contribution in [-0.2, 0) is 4.79 Å². The predicted molar refractivity (Wildman–Crippen MR) is 62.3 cm³/mol. The lowest BCUT2D eigenvalue weighted by molar-refractivity contribution is -0.143. The molecule has 2 rings (SSSR count). The van der Waals surface area contributed by atoms with Crippen molar-refractivity contribution in [2.24, 2.45) is 11.8 Å². The van der Waals surface area contributed by atoms with Crippen LogP contribution in [0.15, 0.2) is 0 Å². The molecule has 0 aliphatic carbocycles. The molecule has 0 radical (unpaired) electrons. The number of nitrogens with one attached hydrogen (secondary N) is 2. The fraction of sp³-hybridized carbons (Fsp3) is 0.917. The van der Waals surface area contributed by atoms with Crippen LogP contribution in [0.3, 0.4) is 0 Å². The van der Waals surface area contributed by atoms with Crippen molar-refractivity contribution < 1.29 is 9.90 Å². The number of aliphatic carboxylic acids is 1. The van der Waals surface area contributed by atoms with Crippen molar-refractivity contribution in [3.8, 4) is 0 Å². The Bertz CT molecular complexity index is 257. The number of piperidine rings is 2. The molecule has 2 saturated heterocycles. The highest BCUT2D eigenvalue weighted by Crippen LogP contribution is 2.24. The van der Waals surface area contributed by atoms with Crippen LogP contribution in [0.5, 0.6) is 0 Å². The van der Waals surface area contributed by atoms with E-state index in [1.54, 1.807) is 0 Å². The second-order valence-corrected chi connectivity index (χ2v) is 5.31. The average Bonchev–Trinajstić information content (AvgIpc) is 2.29. The highest BCUT2D eigenvalue weighted by atomic mass is 16.4. The summed E-state index contributed by atoms with van der Waals surface area (Å²) >= 11 is 0. The fourth-order valence-electron chi connectivity index (χ4n) is 2.94. The largest absolute Gasteiger partial charge is 0.481 e. The first-order chi connectivity index (χ1) is 7.66. The number of hydrogen-bond acceptors (Lipinski definition) is 3. The van der Waals surface area contributed by atoms with Crippen LogP contribution < -0.4 is 10.6 Å². The minimum atomic E-state index is -0.629. The third-order valence-electron chi connectivity index (χ3n) is 3.97. The van der Waals surface area contributed by atoms with Crippen molar-refractivity contribution in [2.75, 3.05) is 13.1 Å². The van der Waals surface area contributed by atoms with E-state index in [0.717, 1.165) is 31.8 Å². The van der Waals surface area contributed by atoms with Gasteiger partial charge < -0.3 is 15.7 Å². The van der Waals surface area contributed by atoms with E-state index in [1.165, 1.54) is 12.8 Å². The Morgan fingerprint density at radius 2 is 1.75 bits per heavy atom. The van der Waals surface area contributed by atoms with Gasteiger partial charge in [-0.1, -0.05) is 6.92 Å². The third-order valence-corrected chi connectivity index (χ3v) is 3.97. The first kappa shape index (κ1) is 11.9. The zero-order valence-corrected chi connectivity index (χ0v) is 9.91. The smallest absolute Gasteiger partial charge is 0.306 e. The molecule has 2 aliphatic heterocycles. The molecule has 4 atom stereocenters. The molecule has 2 aliphatic rings. The molecule has 0 aromatic rings.